The standard InChI is InChI=1S/C13H24N4O3S/c1-5-17(21(4,18)19)8-6-7-14-12-9-13(16-10-15-12)20-11(2)3/h9-11H,5-8H2,1-4H3,(H,14,15,16). The molecule has 1 heterocycles. The molecular formula is C13H24N4O3S. The molecule has 0 saturated heterocycles. The van der Waals surface area contributed by atoms with E-state index in [0.29, 0.717) is 37.8 Å². The lowest BCUT2D eigenvalue weighted by atomic mass is 10.4. The molecule has 0 fully saturated rings. The van der Waals surface area contributed by atoms with Crippen molar-refractivity contribution in [3.8, 4) is 5.88 Å². The van der Waals surface area contributed by atoms with E-state index < -0.39 is 10.0 Å². The fraction of sp³-hybridized carbons (Fsp3) is 0.692. The Morgan fingerprint density at radius 2 is 2.10 bits per heavy atom. The summed E-state index contributed by atoms with van der Waals surface area (Å²) in [6.07, 6.45) is 3.42. The number of rotatable bonds is 9. The Bertz CT molecular complexity index is 534. The normalized spacial score (nSPS) is 11.9. The van der Waals surface area contributed by atoms with Crippen LogP contribution in [-0.4, -0.2) is 54.7 Å². The number of nitrogens with one attached hydrogen (secondary N) is 1. The number of sulfonamides is 1. The first kappa shape index (κ1) is 17.6. The maximum atomic E-state index is 11.4. The quantitative estimate of drug-likeness (QED) is 0.692. The van der Waals surface area contributed by atoms with Crippen LogP contribution in [0, 0.1) is 0 Å². The van der Waals surface area contributed by atoms with Gasteiger partial charge in [-0.2, -0.15) is 0 Å². The second kappa shape index (κ2) is 8.14. The van der Waals surface area contributed by atoms with Gasteiger partial charge in [-0.05, 0) is 20.3 Å². The molecular weight excluding hydrogens is 292 g/mol. The minimum absolute atomic E-state index is 0.0561. The van der Waals surface area contributed by atoms with Crippen molar-refractivity contribution in [2.45, 2.75) is 33.3 Å². The molecule has 21 heavy (non-hydrogen) atoms. The summed E-state index contributed by atoms with van der Waals surface area (Å²) in [6.45, 7) is 7.29. The second-order valence-corrected chi connectivity index (χ2v) is 6.93. The summed E-state index contributed by atoms with van der Waals surface area (Å²) in [7, 11) is -3.12. The number of ether oxygens (including phenoxy) is 1. The van der Waals surface area contributed by atoms with Gasteiger partial charge in [-0.25, -0.2) is 22.7 Å². The van der Waals surface area contributed by atoms with E-state index in [-0.39, 0.29) is 6.10 Å². The second-order valence-electron chi connectivity index (χ2n) is 4.94. The van der Waals surface area contributed by atoms with E-state index in [1.165, 1.54) is 16.9 Å². The predicted molar refractivity (Wildman–Crippen MR) is 83.0 cm³/mol. The number of anilines is 1. The van der Waals surface area contributed by atoms with E-state index in [9.17, 15) is 8.42 Å². The van der Waals surface area contributed by atoms with Gasteiger partial charge in [0.2, 0.25) is 15.9 Å². The van der Waals surface area contributed by atoms with Crippen LogP contribution in [-0.2, 0) is 10.0 Å². The van der Waals surface area contributed by atoms with Crippen molar-refractivity contribution >= 4 is 15.8 Å². The van der Waals surface area contributed by atoms with Gasteiger partial charge in [0.15, 0.2) is 0 Å². The first-order valence-electron chi connectivity index (χ1n) is 7.00. The summed E-state index contributed by atoms with van der Waals surface area (Å²) in [5.41, 5.74) is 0. The fourth-order valence-electron chi connectivity index (χ4n) is 1.77. The van der Waals surface area contributed by atoms with E-state index >= 15 is 0 Å². The molecule has 1 N–H and O–H groups in total. The Morgan fingerprint density at radius 1 is 1.38 bits per heavy atom. The van der Waals surface area contributed by atoms with Crippen LogP contribution in [0.2, 0.25) is 0 Å². The minimum atomic E-state index is -3.12. The molecule has 0 saturated carbocycles. The fourth-order valence-corrected chi connectivity index (χ4v) is 2.70. The van der Waals surface area contributed by atoms with Crippen LogP contribution in [0.15, 0.2) is 12.4 Å². The SMILES string of the molecule is CCN(CCCNc1cc(OC(C)C)ncn1)S(C)(=O)=O. The van der Waals surface area contributed by atoms with Crippen molar-refractivity contribution in [3.63, 3.8) is 0 Å². The number of nitrogens with zero attached hydrogens (tertiary/aromatic N) is 3. The van der Waals surface area contributed by atoms with Crippen LogP contribution >= 0.6 is 0 Å². The lowest BCUT2D eigenvalue weighted by Gasteiger charge is -2.17. The highest BCUT2D eigenvalue weighted by atomic mass is 32.2. The van der Waals surface area contributed by atoms with Gasteiger partial charge in [-0.15, -0.1) is 0 Å². The average Bonchev–Trinajstić information content (AvgIpc) is 2.36. The lowest BCUT2D eigenvalue weighted by molar-refractivity contribution is 0.232. The van der Waals surface area contributed by atoms with Crippen LogP contribution < -0.4 is 10.1 Å². The van der Waals surface area contributed by atoms with Crippen molar-refractivity contribution in [2.75, 3.05) is 31.2 Å². The molecule has 0 spiro atoms. The van der Waals surface area contributed by atoms with E-state index in [2.05, 4.69) is 15.3 Å². The minimum Gasteiger partial charge on any atom is -0.475 e. The Morgan fingerprint density at radius 3 is 2.67 bits per heavy atom. The zero-order valence-electron chi connectivity index (χ0n) is 13.0. The third-order valence-electron chi connectivity index (χ3n) is 2.71. The monoisotopic (exact) mass is 316 g/mol. The molecule has 0 aliphatic rings. The van der Waals surface area contributed by atoms with Crippen molar-refractivity contribution in [3.05, 3.63) is 12.4 Å². The molecule has 0 amide bonds. The van der Waals surface area contributed by atoms with Crippen LogP contribution in [0.25, 0.3) is 0 Å². The molecule has 8 heteroatoms. The highest BCUT2D eigenvalue weighted by molar-refractivity contribution is 7.88. The molecule has 1 aromatic rings. The molecule has 1 rings (SSSR count). The average molecular weight is 316 g/mol. The Labute approximate surface area is 126 Å². The summed E-state index contributed by atoms with van der Waals surface area (Å²) in [5.74, 6) is 1.19. The third-order valence-corrected chi connectivity index (χ3v) is 4.09. The van der Waals surface area contributed by atoms with E-state index in [4.69, 9.17) is 4.74 Å². The smallest absolute Gasteiger partial charge is 0.218 e. The lowest BCUT2D eigenvalue weighted by Crippen LogP contribution is -2.31. The molecule has 0 aromatic carbocycles. The molecule has 0 unspecified atom stereocenters. The van der Waals surface area contributed by atoms with Gasteiger partial charge in [0.05, 0.1) is 12.4 Å². The molecule has 0 bridgehead atoms. The first-order chi connectivity index (χ1) is 9.82. The van der Waals surface area contributed by atoms with Crippen LogP contribution in [0.3, 0.4) is 0 Å². The third kappa shape index (κ3) is 6.72. The van der Waals surface area contributed by atoms with Crippen molar-refractivity contribution in [2.24, 2.45) is 0 Å². The summed E-state index contributed by atoms with van der Waals surface area (Å²) in [6, 6.07) is 1.73. The predicted octanol–water partition coefficient (Wildman–Crippen LogP) is 1.35. The molecule has 1 aromatic heterocycles. The van der Waals surface area contributed by atoms with Crippen molar-refractivity contribution in [1.82, 2.24) is 14.3 Å². The van der Waals surface area contributed by atoms with Gasteiger partial charge in [0, 0.05) is 25.7 Å². The first-order valence-corrected chi connectivity index (χ1v) is 8.85. The largest absolute Gasteiger partial charge is 0.475 e. The Hall–Kier alpha value is -1.41. The number of hydrogen-bond donors (Lipinski definition) is 1. The van der Waals surface area contributed by atoms with Crippen molar-refractivity contribution in [1.29, 1.82) is 0 Å². The molecule has 7 nitrogen and oxygen atoms in total. The van der Waals surface area contributed by atoms with Crippen LogP contribution in [0.5, 0.6) is 5.88 Å². The molecule has 0 aliphatic carbocycles. The van der Waals surface area contributed by atoms with Gasteiger partial charge in [0.25, 0.3) is 0 Å². The zero-order chi connectivity index (χ0) is 15.9. The molecule has 0 aliphatic heterocycles. The summed E-state index contributed by atoms with van der Waals surface area (Å²) in [4.78, 5) is 8.12. The van der Waals surface area contributed by atoms with E-state index in [0.717, 1.165) is 0 Å². The number of aromatic nitrogens is 2. The summed E-state index contributed by atoms with van der Waals surface area (Å²) < 4.78 is 29.8. The Kier molecular flexibility index (Phi) is 6.83. The topological polar surface area (TPSA) is 84.4 Å². The van der Waals surface area contributed by atoms with Gasteiger partial charge >= 0.3 is 0 Å². The maximum absolute atomic E-state index is 11.4. The molecule has 0 atom stereocenters. The van der Waals surface area contributed by atoms with Gasteiger partial charge < -0.3 is 10.1 Å². The summed E-state index contributed by atoms with van der Waals surface area (Å²) >= 11 is 0. The molecule has 0 radical (unpaired) electrons. The van der Waals surface area contributed by atoms with E-state index in [1.807, 2.05) is 20.8 Å². The van der Waals surface area contributed by atoms with Gasteiger partial charge in [-0.3, -0.25) is 0 Å². The van der Waals surface area contributed by atoms with Crippen LogP contribution in [0.4, 0.5) is 5.82 Å². The Balaban J connectivity index is 2.42. The number of hydrogen-bond acceptors (Lipinski definition) is 6. The highest BCUT2D eigenvalue weighted by Gasteiger charge is 2.13. The van der Waals surface area contributed by atoms with Crippen molar-refractivity contribution < 1.29 is 13.2 Å². The maximum Gasteiger partial charge on any atom is 0.218 e. The van der Waals surface area contributed by atoms with Gasteiger partial charge in [-0.1, -0.05) is 6.92 Å². The highest BCUT2D eigenvalue weighted by Crippen LogP contribution is 2.12. The zero-order valence-corrected chi connectivity index (χ0v) is 13.9. The van der Waals surface area contributed by atoms with Gasteiger partial charge in [0.1, 0.15) is 12.1 Å². The van der Waals surface area contributed by atoms with Crippen LogP contribution in [0.1, 0.15) is 27.2 Å². The molecule has 120 valence electrons. The summed E-state index contributed by atoms with van der Waals surface area (Å²) in [5, 5.41) is 3.14. The van der Waals surface area contributed by atoms with E-state index in [1.54, 1.807) is 6.07 Å².